The molecule has 0 aromatic heterocycles. The Kier molecular flexibility index (Phi) is 4.55. The van der Waals surface area contributed by atoms with E-state index in [1.54, 1.807) is 18.2 Å². The summed E-state index contributed by atoms with van der Waals surface area (Å²) in [4.78, 5) is 28.6. The molecule has 1 heterocycles. The zero-order valence-corrected chi connectivity index (χ0v) is 12.5. The van der Waals surface area contributed by atoms with Crippen LogP contribution in [0.3, 0.4) is 0 Å². The van der Waals surface area contributed by atoms with Crippen molar-refractivity contribution in [1.29, 1.82) is 0 Å². The molecule has 1 saturated carbocycles. The van der Waals surface area contributed by atoms with Gasteiger partial charge in [-0.1, -0.05) is 23.4 Å². The molecule has 1 aromatic carbocycles. The molecule has 1 aliphatic heterocycles. The van der Waals surface area contributed by atoms with Gasteiger partial charge in [-0.15, -0.1) is 0 Å². The van der Waals surface area contributed by atoms with Crippen molar-refractivity contribution in [2.45, 2.75) is 37.8 Å². The maximum atomic E-state index is 13.7. The van der Waals surface area contributed by atoms with Crippen LogP contribution in [0.1, 0.15) is 31.2 Å². The second-order valence-corrected chi connectivity index (χ2v) is 5.70. The Bertz CT molecular complexity index is 643. The minimum Gasteiger partial charge on any atom is -0.382 e. The van der Waals surface area contributed by atoms with Gasteiger partial charge in [0.15, 0.2) is 0 Å². The van der Waals surface area contributed by atoms with Crippen molar-refractivity contribution in [3.8, 4) is 0 Å². The van der Waals surface area contributed by atoms with E-state index in [1.165, 1.54) is 6.07 Å². The smallest absolute Gasteiger partial charge is 0.264 e. The standard InChI is InChI=1S/C16H18FN3O3/c17-12-4-2-1-3-11(12)13-9-14(23-20-13)16(22)18-8-7-15(21)19-10-5-6-10/h1-4,10,14H,5-9H2,(H,18,22)(H,19,21)/t14-/m1/s1. The van der Waals surface area contributed by atoms with Crippen LogP contribution in [0, 0.1) is 5.82 Å². The van der Waals surface area contributed by atoms with Crippen LogP contribution in [0.2, 0.25) is 0 Å². The summed E-state index contributed by atoms with van der Waals surface area (Å²) in [5.74, 6) is -0.810. The molecule has 2 amide bonds. The van der Waals surface area contributed by atoms with Crippen LogP contribution < -0.4 is 10.6 Å². The Labute approximate surface area is 133 Å². The lowest BCUT2D eigenvalue weighted by molar-refractivity contribution is -0.131. The fraction of sp³-hybridized carbons (Fsp3) is 0.438. The first-order chi connectivity index (χ1) is 11.1. The van der Waals surface area contributed by atoms with Crippen LogP contribution in [-0.4, -0.2) is 36.2 Å². The van der Waals surface area contributed by atoms with E-state index in [2.05, 4.69) is 15.8 Å². The average molecular weight is 319 g/mol. The topological polar surface area (TPSA) is 79.8 Å². The summed E-state index contributed by atoms with van der Waals surface area (Å²) in [6.07, 6.45) is 1.72. The van der Waals surface area contributed by atoms with E-state index in [4.69, 9.17) is 4.84 Å². The van der Waals surface area contributed by atoms with Gasteiger partial charge in [-0.3, -0.25) is 9.59 Å². The molecule has 0 spiro atoms. The number of oxime groups is 1. The van der Waals surface area contributed by atoms with Gasteiger partial charge in [-0.25, -0.2) is 4.39 Å². The number of nitrogens with zero attached hydrogens (tertiary/aromatic N) is 1. The van der Waals surface area contributed by atoms with Gasteiger partial charge in [0.2, 0.25) is 12.0 Å². The van der Waals surface area contributed by atoms with Crippen molar-refractivity contribution in [1.82, 2.24) is 10.6 Å². The zero-order chi connectivity index (χ0) is 16.2. The van der Waals surface area contributed by atoms with Crippen LogP contribution in [0.4, 0.5) is 4.39 Å². The molecule has 122 valence electrons. The minimum atomic E-state index is -0.781. The second-order valence-electron chi connectivity index (χ2n) is 5.70. The van der Waals surface area contributed by atoms with E-state index >= 15 is 0 Å². The van der Waals surface area contributed by atoms with E-state index in [1.807, 2.05) is 0 Å². The highest BCUT2D eigenvalue weighted by atomic mass is 19.1. The fourth-order valence-corrected chi connectivity index (χ4v) is 2.31. The summed E-state index contributed by atoms with van der Waals surface area (Å²) in [5.41, 5.74) is 0.751. The highest BCUT2D eigenvalue weighted by Crippen LogP contribution is 2.19. The van der Waals surface area contributed by atoms with Crippen LogP contribution in [0.25, 0.3) is 0 Å². The third-order valence-corrected chi connectivity index (χ3v) is 3.74. The van der Waals surface area contributed by atoms with Gasteiger partial charge < -0.3 is 15.5 Å². The molecule has 2 N–H and O–H groups in total. The molecule has 6 nitrogen and oxygen atoms in total. The molecule has 0 radical (unpaired) electrons. The quantitative estimate of drug-likeness (QED) is 0.824. The molecule has 1 fully saturated rings. The Hall–Kier alpha value is -2.44. The van der Waals surface area contributed by atoms with E-state index in [9.17, 15) is 14.0 Å². The highest BCUT2D eigenvalue weighted by Gasteiger charge is 2.30. The Balaban J connectivity index is 1.43. The third kappa shape index (κ3) is 4.06. The number of rotatable bonds is 6. The molecule has 23 heavy (non-hydrogen) atoms. The summed E-state index contributed by atoms with van der Waals surface area (Å²) < 4.78 is 13.7. The van der Waals surface area contributed by atoms with E-state index in [-0.39, 0.29) is 31.2 Å². The number of amides is 2. The maximum absolute atomic E-state index is 13.7. The average Bonchev–Trinajstić information content (AvgIpc) is 3.20. The first-order valence-corrected chi connectivity index (χ1v) is 7.68. The molecule has 1 aliphatic carbocycles. The summed E-state index contributed by atoms with van der Waals surface area (Å²) in [6, 6.07) is 6.54. The molecular formula is C16H18FN3O3. The summed E-state index contributed by atoms with van der Waals surface area (Å²) in [5, 5.41) is 9.29. The molecule has 7 heteroatoms. The Morgan fingerprint density at radius 3 is 2.83 bits per heavy atom. The number of carbonyl (C=O) groups is 2. The van der Waals surface area contributed by atoms with Crippen LogP contribution in [-0.2, 0) is 14.4 Å². The number of nitrogens with one attached hydrogen (secondary N) is 2. The zero-order valence-electron chi connectivity index (χ0n) is 12.5. The second kappa shape index (κ2) is 6.76. The van der Waals surface area contributed by atoms with E-state index < -0.39 is 11.9 Å². The third-order valence-electron chi connectivity index (χ3n) is 3.74. The van der Waals surface area contributed by atoms with Crippen molar-refractivity contribution < 1.29 is 18.8 Å². The number of hydrogen-bond donors (Lipinski definition) is 2. The minimum absolute atomic E-state index is 0.0663. The van der Waals surface area contributed by atoms with Crippen molar-refractivity contribution in [2.75, 3.05) is 6.54 Å². The van der Waals surface area contributed by atoms with Crippen molar-refractivity contribution in [3.05, 3.63) is 35.6 Å². The van der Waals surface area contributed by atoms with Gasteiger partial charge in [0.05, 0.1) is 5.71 Å². The Morgan fingerprint density at radius 2 is 2.09 bits per heavy atom. The van der Waals surface area contributed by atoms with Gasteiger partial charge in [0, 0.05) is 31.0 Å². The van der Waals surface area contributed by atoms with Crippen LogP contribution >= 0.6 is 0 Å². The normalized spacial score (nSPS) is 19.7. The highest BCUT2D eigenvalue weighted by molar-refractivity contribution is 6.04. The number of benzene rings is 1. The summed E-state index contributed by atoms with van der Waals surface area (Å²) in [7, 11) is 0. The van der Waals surface area contributed by atoms with Gasteiger partial charge >= 0.3 is 0 Å². The fourth-order valence-electron chi connectivity index (χ4n) is 2.31. The first-order valence-electron chi connectivity index (χ1n) is 7.68. The molecule has 2 aliphatic rings. The lowest BCUT2D eigenvalue weighted by Crippen LogP contribution is -2.37. The Morgan fingerprint density at radius 1 is 1.30 bits per heavy atom. The first kappa shape index (κ1) is 15.5. The van der Waals surface area contributed by atoms with Crippen molar-refractivity contribution >= 4 is 17.5 Å². The van der Waals surface area contributed by atoms with Gasteiger partial charge in [-0.2, -0.15) is 0 Å². The molecule has 0 unspecified atom stereocenters. The molecular weight excluding hydrogens is 301 g/mol. The molecule has 0 saturated heterocycles. The predicted octanol–water partition coefficient (Wildman–Crippen LogP) is 1.10. The van der Waals surface area contributed by atoms with Crippen molar-refractivity contribution in [3.63, 3.8) is 0 Å². The molecule has 0 bridgehead atoms. The summed E-state index contributed by atoms with van der Waals surface area (Å²) in [6.45, 7) is 0.242. The molecule has 3 rings (SSSR count). The van der Waals surface area contributed by atoms with Crippen LogP contribution in [0.5, 0.6) is 0 Å². The summed E-state index contributed by atoms with van der Waals surface area (Å²) >= 11 is 0. The van der Waals surface area contributed by atoms with Crippen molar-refractivity contribution in [2.24, 2.45) is 5.16 Å². The largest absolute Gasteiger partial charge is 0.382 e. The van der Waals surface area contributed by atoms with E-state index in [0.717, 1.165) is 12.8 Å². The maximum Gasteiger partial charge on any atom is 0.264 e. The lowest BCUT2D eigenvalue weighted by atomic mass is 10.0. The van der Waals surface area contributed by atoms with Gasteiger partial charge in [-0.05, 0) is 18.9 Å². The monoisotopic (exact) mass is 319 g/mol. The molecule has 1 atom stereocenters. The molecule has 1 aromatic rings. The lowest BCUT2D eigenvalue weighted by Gasteiger charge is -2.09. The number of hydrogen-bond acceptors (Lipinski definition) is 4. The van der Waals surface area contributed by atoms with Gasteiger partial charge in [0.25, 0.3) is 5.91 Å². The van der Waals surface area contributed by atoms with Crippen LogP contribution in [0.15, 0.2) is 29.4 Å². The number of carbonyl (C=O) groups excluding carboxylic acids is 2. The predicted molar refractivity (Wildman–Crippen MR) is 81.2 cm³/mol. The number of halogens is 1. The SMILES string of the molecule is O=C(CCNC(=O)[C@H]1CC(c2ccccc2F)=NO1)NC1CC1. The van der Waals surface area contributed by atoms with E-state index in [0.29, 0.717) is 17.3 Å². The van der Waals surface area contributed by atoms with Gasteiger partial charge in [0.1, 0.15) is 5.82 Å².